The molecule has 1 fully saturated rings. The number of nitrogens with one attached hydrogen (secondary N) is 1. The van der Waals surface area contributed by atoms with E-state index in [1.165, 1.54) is 70.6 Å². The fourth-order valence-corrected chi connectivity index (χ4v) is 5.60. The second-order valence-corrected chi connectivity index (χ2v) is 13.0. The molecule has 1 aliphatic rings. The van der Waals surface area contributed by atoms with Crippen molar-refractivity contribution < 1.29 is 39.8 Å². The van der Waals surface area contributed by atoms with Crippen LogP contribution in [0.3, 0.4) is 0 Å². The molecule has 47 heavy (non-hydrogen) atoms. The molecule has 0 aromatic heterocycles. The van der Waals surface area contributed by atoms with Crippen LogP contribution in [0.25, 0.3) is 0 Å². The van der Waals surface area contributed by atoms with Crippen LogP contribution >= 0.6 is 0 Å². The van der Waals surface area contributed by atoms with Crippen molar-refractivity contribution in [3.05, 3.63) is 36.5 Å². The first-order chi connectivity index (χ1) is 22.8. The minimum absolute atomic E-state index is 0.207. The Labute approximate surface area is 285 Å². The van der Waals surface area contributed by atoms with Crippen molar-refractivity contribution in [3.8, 4) is 0 Å². The van der Waals surface area contributed by atoms with Gasteiger partial charge in [-0.3, -0.25) is 4.79 Å². The van der Waals surface area contributed by atoms with Gasteiger partial charge in [-0.2, -0.15) is 0 Å². The first kappa shape index (κ1) is 43.4. The predicted octanol–water partition coefficient (Wildman–Crippen LogP) is 6.16. The molecule has 7 atom stereocenters. The van der Waals surface area contributed by atoms with Crippen molar-refractivity contribution in [2.24, 2.45) is 0 Å². The normalized spacial score (nSPS) is 23.3. The summed E-state index contributed by atoms with van der Waals surface area (Å²) in [4.78, 5) is 12.6. The third-order valence-corrected chi connectivity index (χ3v) is 8.70. The summed E-state index contributed by atoms with van der Waals surface area (Å²) in [6, 6.07) is -0.819. The third-order valence-electron chi connectivity index (χ3n) is 8.70. The molecule has 9 nitrogen and oxygen atoms in total. The molecule has 1 rings (SSSR count). The second kappa shape index (κ2) is 29.3. The summed E-state index contributed by atoms with van der Waals surface area (Å²) < 4.78 is 11.0. The number of aliphatic hydroxyl groups excluding tert-OH is 5. The van der Waals surface area contributed by atoms with E-state index in [2.05, 4.69) is 43.5 Å². The SMILES string of the molecule is CCCCCCCCCCCC/C=C/CC/C=C/CC/C=C/C(O)C(COC1OC(CO)C(O)C(O)C1O)NC(=O)CCCCCC. The molecular formula is C38H69NO8. The lowest BCUT2D eigenvalue weighted by Crippen LogP contribution is -2.60. The molecule has 1 saturated heterocycles. The molecule has 0 spiro atoms. The molecule has 0 aromatic rings. The molecule has 9 heteroatoms. The number of unbranched alkanes of at least 4 members (excludes halogenated alkanes) is 15. The van der Waals surface area contributed by atoms with Crippen molar-refractivity contribution in [3.63, 3.8) is 0 Å². The summed E-state index contributed by atoms with van der Waals surface area (Å²) >= 11 is 0. The highest BCUT2D eigenvalue weighted by molar-refractivity contribution is 5.76. The van der Waals surface area contributed by atoms with Crippen LogP contribution in [0.5, 0.6) is 0 Å². The first-order valence-corrected chi connectivity index (χ1v) is 18.7. The number of hydrogen-bond acceptors (Lipinski definition) is 8. The Morgan fingerprint density at radius 3 is 1.79 bits per heavy atom. The molecule has 0 aromatic carbocycles. The Kier molecular flexibility index (Phi) is 27.1. The van der Waals surface area contributed by atoms with Gasteiger partial charge >= 0.3 is 0 Å². The molecule has 274 valence electrons. The van der Waals surface area contributed by atoms with E-state index in [-0.39, 0.29) is 12.5 Å². The number of amides is 1. The van der Waals surface area contributed by atoms with Gasteiger partial charge in [-0.25, -0.2) is 0 Å². The fourth-order valence-electron chi connectivity index (χ4n) is 5.60. The Morgan fingerprint density at radius 1 is 0.702 bits per heavy atom. The molecule has 7 unspecified atom stereocenters. The maximum atomic E-state index is 12.6. The standard InChI is InChI=1S/C38H69NO8/c1-3-5-7-9-10-11-12-13-14-15-16-17-18-19-20-21-22-23-24-25-27-32(41)31(39-34(42)28-26-8-6-4-2)30-46-38-37(45)36(44)35(43)33(29-40)47-38/h17-18,21-22,25,27,31-33,35-38,40-41,43-45H,3-16,19-20,23-24,26,28-30H2,1-2H3,(H,39,42)/b18-17+,22-21+,27-25+. The highest BCUT2D eigenvalue weighted by Crippen LogP contribution is 2.22. The molecule has 0 saturated carbocycles. The lowest BCUT2D eigenvalue weighted by Gasteiger charge is -2.40. The van der Waals surface area contributed by atoms with Crippen LogP contribution in [-0.4, -0.2) is 87.5 Å². The zero-order valence-corrected chi connectivity index (χ0v) is 29.5. The van der Waals surface area contributed by atoms with Crippen LogP contribution in [-0.2, 0) is 14.3 Å². The number of hydrogen-bond donors (Lipinski definition) is 6. The number of ether oxygens (including phenoxy) is 2. The molecule has 0 bridgehead atoms. The summed E-state index contributed by atoms with van der Waals surface area (Å²) in [7, 11) is 0. The van der Waals surface area contributed by atoms with E-state index in [1.807, 2.05) is 6.08 Å². The number of allylic oxidation sites excluding steroid dienone is 5. The minimum atomic E-state index is -1.57. The molecular weight excluding hydrogens is 598 g/mol. The maximum absolute atomic E-state index is 12.6. The van der Waals surface area contributed by atoms with Gasteiger partial charge in [0, 0.05) is 6.42 Å². The predicted molar refractivity (Wildman–Crippen MR) is 189 cm³/mol. The van der Waals surface area contributed by atoms with Crippen LogP contribution in [0.15, 0.2) is 36.5 Å². The number of carbonyl (C=O) groups is 1. The average Bonchev–Trinajstić information content (AvgIpc) is 3.07. The van der Waals surface area contributed by atoms with E-state index in [4.69, 9.17) is 9.47 Å². The molecule has 1 aliphatic heterocycles. The zero-order chi connectivity index (χ0) is 34.5. The van der Waals surface area contributed by atoms with Crippen molar-refractivity contribution >= 4 is 5.91 Å². The molecule has 0 aliphatic carbocycles. The van der Waals surface area contributed by atoms with Gasteiger partial charge in [0.2, 0.25) is 5.91 Å². The largest absolute Gasteiger partial charge is 0.394 e. The van der Waals surface area contributed by atoms with Crippen molar-refractivity contribution in [1.82, 2.24) is 5.32 Å². The van der Waals surface area contributed by atoms with E-state index < -0.39 is 49.5 Å². The van der Waals surface area contributed by atoms with Gasteiger partial charge in [-0.15, -0.1) is 0 Å². The van der Waals surface area contributed by atoms with Crippen molar-refractivity contribution in [2.75, 3.05) is 13.2 Å². The molecule has 0 radical (unpaired) electrons. The second-order valence-electron chi connectivity index (χ2n) is 13.0. The lowest BCUT2D eigenvalue weighted by atomic mass is 9.99. The van der Waals surface area contributed by atoms with Gasteiger partial charge in [0.05, 0.1) is 25.4 Å². The van der Waals surface area contributed by atoms with E-state index in [0.29, 0.717) is 6.42 Å². The quantitative estimate of drug-likeness (QED) is 0.0411. The number of rotatable bonds is 29. The van der Waals surface area contributed by atoms with Crippen LogP contribution < -0.4 is 5.32 Å². The number of aliphatic hydroxyl groups is 5. The van der Waals surface area contributed by atoms with Crippen LogP contribution in [0.4, 0.5) is 0 Å². The highest BCUT2D eigenvalue weighted by atomic mass is 16.7. The Hall–Kier alpha value is -1.59. The van der Waals surface area contributed by atoms with E-state index >= 15 is 0 Å². The molecule has 1 heterocycles. The smallest absolute Gasteiger partial charge is 0.220 e. The van der Waals surface area contributed by atoms with Crippen molar-refractivity contribution in [1.29, 1.82) is 0 Å². The summed E-state index contributed by atoms with van der Waals surface area (Å²) in [5.41, 5.74) is 0. The summed E-state index contributed by atoms with van der Waals surface area (Å²) in [5, 5.41) is 53.5. The van der Waals surface area contributed by atoms with Crippen LogP contribution in [0, 0.1) is 0 Å². The number of carbonyl (C=O) groups excluding carboxylic acids is 1. The summed E-state index contributed by atoms with van der Waals surface area (Å²) in [5.74, 6) is -0.212. The average molecular weight is 668 g/mol. The Balaban J connectivity index is 2.36. The van der Waals surface area contributed by atoms with Gasteiger partial charge in [-0.1, -0.05) is 127 Å². The maximum Gasteiger partial charge on any atom is 0.220 e. The van der Waals surface area contributed by atoms with Crippen LogP contribution in [0.1, 0.15) is 142 Å². The molecule has 1 amide bonds. The Bertz CT molecular complexity index is 833. The zero-order valence-electron chi connectivity index (χ0n) is 29.5. The van der Waals surface area contributed by atoms with E-state index in [9.17, 15) is 30.3 Å². The summed E-state index contributed by atoms with van der Waals surface area (Å²) in [6.07, 6.45) is 26.8. The summed E-state index contributed by atoms with van der Waals surface area (Å²) in [6.45, 7) is 3.59. The fraction of sp³-hybridized carbons (Fsp3) is 0.816. The third kappa shape index (κ3) is 21.2. The topological polar surface area (TPSA) is 149 Å². The van der Waals surface area contributed by atoms with Gasteiger partial charge < -0.3 is 40.3 Å². The van der Waals surface area contributed by atoms with Gasteiger partial charge in [-0.05, 0) is 44.9 Å². The van der Waals surface area contributed by atoms with Gasteiger partial charge in [0.15, 0.2) is 6.29 Å². The monoisotopic (exact) mass is 668 g/mol. The highest BCUT2D eigenvalue weighted by Gasteiger charge is 2.44. The first-order valence-electron chi connectivity index (χ1n) is 18.7. The molecule has 6 N–H and O–H groups in total. The Morgan fingerprint density at radius 2 is 1.21 bits per heavy atom. The van der Waals surface area contributed by atoms with Gasteiger partial charge in [0.25, 0.3) is 0 Å². The van der Waals surface area contributed by atoms with E-state index in [0.717, 1.165) is 51.4 Å². The van der Waals surface area contributed by atoms with Crippen LogP contribution in [0.2, 0.25) is 0 Å². The minimum Gasteiger partial charge on any atom is -0.394 e. The van der Waals surface area contributed by atoms with E-state index in [1.54, 1.807) is 6.08 Å². The lowest BCUT2D eigenvalue weighted by molar-refractivity contribution is -0.302. The van der Waals surface area contributed by atoms with Gasteiger partial charge in [0.1, 0.15) is 24.4 Å². The van der Waals surface area contributed by atoms with Crippen molar-refractivity contribution in [2.45, 2.75) is 185 Å².